The zero-order valence-electron chi connectivity index (χ0n) is 12.0. The number of hydrogen-bond acceptors (Lipinski definition) is 3. The Kier molecular flexibility index (Phi) is 5.06. The van der Waals surface area contributed by atoms with Gasteiger partial charge in [0.15, 0.2) is 0 Å². The maximum Gasteiger partial charge on any atom is 0.311 e. The number of hydrogen-bond donors (Lipinski definition) is 1. The van der Waals surface area contributed by atoms with E-state index in [4.69, 9.17) is 10.5 Å². The van der Waals surface area contributed by atoms with Gasteiger partial charge in [0.05, 0.1) is 12.0 Å². The lowest BCUT2D eigenvalue weighted by Gasteiger charge is -2.26. The maximum absolute atomic E-state index is 13.2. The third-order valence-corrected chi connectivity index (χ3v) is 3.17. The van der Waals surface area contributed by atoms with Gasteiger partial charge in [-0.25, -0.2) is 4.39 Å². The molecule has 1 aromatic rings. The Morgan fingerprint density at radius 3 is 2.63 bits per heavy atom. The van der Waals surface area contributed by atoms with Crippen molar-refractivity contribution in [2.75, 3.05) is 6.61 Å². The summed E-state index contributed by atoms with van der Waals surface area (Å²) in [6, 6.07) is 4.47. The fourth-order valence-electron chi connectivity index (χ4n) is 1.98. The molecule has 0 aliphatic heterocycles. The molecule has 0 radical (unpaired) electrons. The predicted octanol–water partition coefficient (Wildman–Crippen LogP) is 3.11. The van der Waals surface area contributed by atoms with Gasteiger partial charge >= 0.3 is 5.97 Å². The zero-order chi connectivity index (χ0) is 14.6. The van der Waals surface area contributed by atoms with E-state index in [0.29, 0.717) is 18.6 Å². The van der Waals surface area contributed by atoms with Gasteiger partial charge in [-0.3, -0.25) is 4.79 Å². The number of carbonyl (C=O) groups is 1. The molecule has 4 heteroatoms. The summed E-state index contributed by atoms with van der Waals surface area (Å²) in [6.45, 7) is 7.44. The average molecular weight is 267 g/mol. The molecule has 0 amide bonds. The van der Waals surface area contributed by atoms with E-state index in [-0.39, 0.29) is 17.8 Å². The lowest BCUT2D eigenvalue weighted by Crippen LogP contribution is -2.31. The molecule has 0 aliphatic carbocycles. The first kappa shape index (κ1) is 15.6. The highest BCUT2D eigenvalue weighted by atomic mass is 19.1. The van der Waals surface area contributed by atoms with Crippen molar-refractivity contribution in [3.05, 3.63) is 35.1 Å². The fraction of sp³-hybridized carbons (Fsp3) is 0.533. The van der Waals surface area contributed by atoms with Crippen molar-refractivity contribution in [2.45, 2.75) is 40.2 Å². The number of benzene rings is 1. The highest BCUT2D eigenvalue weighted by Gasteiger charge is 2.31. The van der Waals surface area contributed by atoms with Crippen LogP contribution in [-0.4, -0.2) is 12.6 Å². The van der Waals surface area contributed by atoms with Gasteiger partial charge in [-0.1, -0.05) is 12.1 Å². The second-order valence-corrected chi connectivity index (χ2v) is 5.42. The first-order valence-corrected chi connectivity index (χ1v) is 6.46. The topological polar surface area (TPSA) is 52.3 Å². The average Bonchev–Trinajstić information content (AvgIpc) is 2.32. The number of esters is 1. The standard InChI is InChI=1S/C15H22FNO2/c1-5-19-14(18)15(3,4)9-13(17)11-6-7-12(16)10(2)8-11/h6-8,13H,5,9,17H2,1-4H3. The second kappa shape index (κ2) is 6.15. The molecule has 1 aromatic carbocycles. The minimum absolute atomic E-state index is 0.249. The van der Waals surface area contributed by atoms with Gasteiger partial charge in [0.25, 0.3) is 0 Å². The van der Waals surface area contributed by atoms with Crippen LogP contribution in [0.25, 0.3) is 0 Å². The molecule has 0 saturated carbocycles. The fourth-order valence-corrected chi connectivity index (χ4v) is 1.98. The number of halogens is 1. The van der Waals surface area contributed by atoms with E-state index < -0.39 is 5.41 Å². The second-order valence-electron chi connectivity index (χ2n) is 5.42. The molecule has 1 unspecified atom stereocenters. The number of carbonyl (C=O) groups excluding carboxylic acids is 1. The van der Waals surface area contributed by atoms with Gasteiger partial charge in [0, 0.05) is 6.04 Å². The Morgan fingerprint density at radius 2 is 2.11 bits per heavy atom. The van der Waals surface area contributed by atoms with E-state index in [1.165, 1.54) is 6.07 Å². The largest absolute Gasteiger partial charge is 0.466 e. The highest BCUT2D eigenvalue weighted by Crippen LogP contribution is 2.30. The van der Waals surface area contributed by atoms with Crippen LogP contribution in [0, 0.1) is 18.2 Å². The van der Waals surface area contributed by atoms with Crippen LogP contribution in [-0.2, 0) is 9.53 Å². The van der Waals surface area contributed by atoms with Crippen molar-refractivity contribution in [1.29, 1.82) is 0 Å². The normalized spacial score (nSPS) is 13.2. The van der Waals surface area contributed by atoms with Gasteiger partial charge in [0.1, 0.15) is 5.82 Å². The molecule has 0 heterocycles. The molecule has 1 atom stereocenters. The van der Waals surface area contributed by atoms with E-state index >= 15 is 0 Å². The molecule has 0 aliphatic rings. The summed E-state index contributed by atoms with van der Waals surface area (Å²) < 4.78 is 18.2. The Balaban J connectivity index is 2.80. The Labute approximate surface area is 113 Å². The highest BCUT2D eigenvalue weighted by molar-refractivity contribution is 5.75. The number of rotatable bonds is 5. The number of aryl methyl sites for hydroxylation is 1. The van der Waals surface area contributed by atoms with Gasteiger partial charge in [-0.2, -0.15) is 0 Å². The summed E-state index contributed by atoms with van der Waals surface area (Å²) in [5.74, 6) is -0.509. The molecule has 0 spiro atoms. The van der Waals surface area contributed by atoms with Crippen LogP contribution in [0.4, 0.5) is 4.39 Å². The van der Waals surface area contributed by atoms with Crippen molar-refractivity contribution >= 4 is 5.97 Å². The molecular formula is C15H22FNO2. The van der Waals surface area contributed by atoms with Crippen LogP contribution in [0.5, 0.6) is 0 Å². The van der Waals surface area contributed by atoms with Gasteiger partial charge in [0.2, 0.25) is 0 Å². The molecular weight excluding hydrogens is 245 g/mol. The summed E-state index contributed by atoms with van der Waals surface area (Å²) in [4.78, 5) is 11.8. The Morgan fingerprint density at radius 1 is 1.47 bits per heavy atom. The van der Waals surface area contributed by atoms with E-state index in [2.05, 4.69) is 0 Å². The van der Waals surface area contributed by atoms with Crippen molar-refractivity contribution < 1.29 is 13.9 Å². The van der Waals surface area contributed by atoms with Crippen LogP contribution in [0.1, 0.15) is 44.4 Å². The first-order valence-electron chi connectivity index (χ1n) is 6.46. The smallest absolute Gasteiger partial charge is 0.311 e. The van der Waals surface area contributed by atoms with E-state index in [9.17, 15) is 9.18 Å². The molecule has 1 rings (SSSR count). The van der Waals surface area contributed by atoms with Gasteiger partial charge < -0.3 is 10.5 Å². The van der Waals surface area contributed by atoms with Crippen LogP contribution in [0.3, 0.4) is 0 Å². The summed E-state index contributed by atoms with van der Waals surface area (Å²) in [7, 11) is 0. The lowest BCUT2D eigenvalue weighted by atomic mass is 9.83. The van der Waals surface area contributed by atoms with Crippen molar-refractivity contribution in [3.8, 4) is 0 Å². The van der Waals surface area contributed by atoms with E-state index in [0.717, 1.165) is 5.56 Å². The van der Waals surface area contributed by atoms with Gasteiger partial charge in [-0.15, -0.1) is 0 Å². The first-order chi connectivity index (χ1) is 8.77. The summed E-state index contributed by atoms with van der Waals surface area (Å²) in [6.07, 6.45) is 0.455. The van der Waals surface area contributed by atoms with Crippen molar-refractivity contribution in [3.63, 3.8) is 0 Å². The van der Waals surface area contributed by atoms with Crippen LogP contribution in [0.2, 0.25) is 0 Å². The summed E-state index contributed by atoms with van der Waals surface area (Å²) in [5, 5.41) is 0. The molecule has 0 bridgehead atoms. The van der Waals surface area contributed by atoms with Crippen LogP contribution in [0.15, 0.2) is 18.2 Å². The predicted molar refractivity (Wildman–Crippen MR) is 73.1 cm³/mol. The third-order valence-electron chi connectivity index (χ3n) is 3.17. The summed E-state index contributed by atoms with van der Waals surface area (Å²) in [5.41, 5.74) is 6.84. The molecule has 0 fully saturated rings. The van der Waals surface area contributed by atoms with E-state index in [1.807, 2.05) is 0 Å². The number of ether oxygens (including phenoxy) is 1. The maximum atomic E-state index is 13.2. The SMILES string of the molecule is CCOC(=O)C(C)(C)CC(N)c1ccc(F)c(C)c1. The molecule has 19 heavy (non-hydrogen) atoms. The summed E-state index contributed by atoms with van der Waals surface area (Å²) >= 11 is 0. The molecule has 106 valence electrons. The molecule has 3 nitrogen and oxygen atoms in total. The minimum Gasteiger partial charge on any atom is -0.466 e. The molecule has 2 N–H and O–H groups in total. The monoisotopic (exact) mass is 267 g/mol. The molecule has 0 saturated heterocycles. The number of nitrogens with two attached hydrogens (primary N) is 1. The van der Waals surface area contributed by atoms with Crippen molar-refractivity contribution in [1.82, 2.24) is 0 Å². The quantitative estimate of drug-likeness (QED) is 0.834. The Hall–Kier alpha value is -1.42. The van der Waals surface area contributed by atoms with Gasteiger partial charge in [-0.05, 0) is 51.3 Å². The minimum atomic E-state index is -0.655. The van der Waals surface area contributed by atoms with Crippen molar-refractivity contribution in [2.24, 2.45) is 11.1 Å². The lowest BCUT2D eigenvalue weighted by molar-refractivity contribution is -0.154. The van der Waals surface area contributed by atoms with Crippen LogP contribution < -0.4 is 5.73 Å². The molecule has 0 aromatic heterocycles. The van der Waals surface area contributed by atoms with E-state index in [1.54, 1.807) is 39.8 Å². The third kappa shape index (κ3) is 4.03. The van der Waals surface area contributed by atoms with Crippen LogP contribution >= 0.6 is 0 Å². The zero-order valence-corrected chi connectivity index (χ0v) is 12.0. The Bertz CT molecular complexity index is 457.